The highest BCUT2D eigenvalue weighted by molar-refractivity contribution is 5.37. The van der Waals surface area contributed by atoms with E-state index >= 15 is 0 Å². The zero-order valence-electron chi connectivity index (χ0n) is 17.5. The van der Waals surface area contributed by atoms with E-state index in [2.05, 4.69) is 68.7 Å². The Morgan fingerprint density at radius 3 is 2.55 bits per heavy atom. The number of fused-ring (bicyclic) bond motifs is 1. The van der Waals surface area contributed by atoms with E-state index in [1.807, 2.05) is 29.1 Å². The molecule has 1 N–H and O–H groups in total. The minimum atomic E-state index is -0.262. The van der Waals surface area contributed by atoms with Gasteiger partial charge in [-0.05, 0) is 39.6 Å². The number of aromatic nitrogens is 6. The van der Waals surface area contributed by atoms with Crippen molar-refractivity contribution in [2.75, 3.05) is 6.54 Å². The third-order valence-corrected chi connectivity index (χ3v) is 5.88. The molecule has 5 rings (SSSR count). The fourth-order valence-electron chi connectivity index (χ4n) is 4.49. The monoisotopic (exact) mass is 417 g/mol. The van der Waals surface area contributed by atoms with Gasteiger partial charge in [0.05, 0.1) is 24.3 Å². The molecule has 2 unspecified atom stereocenters. The van der Waals surface area contributed by atoms with Crippen molar-refractivity contribution >= 4 is 0 Å². The van der Waals surface area contributed by atoms with Crippen molar-refractivity contribution in [1.82, 2.24) is 35.3 Å². The molecule has 0 saturated carbocycles. The Balaban J connectivity index is 1.69. The summed E-state index contributed by atoms with van der Waals surface area (Å²) in [5, 5.41) is 20.0. The number of aromatic amines is 1. The van der Waals surface area contributed by atoms with Crippen LogP contribution in [-0.4, -0.2) is 41.8 Å². The highest BCUT2D eigenvalue weighted by Crippen LogP contribution is 2.41. The average molecular weight is 417 g/mol. The molecule has 1 aliphatic rings. The van der Waals surface area contributed by atoms with Crippen LogP contribution in [0.2, 0.25) is 0 Å². The van der Waals surface area contributed by atoms with Crippen molar-refractivity contribution < 1.29 is 4.39 Å². The van der Waals surface area contributed by atoms with E-state index < -0.39 is 0 Å². The molecule has 158 valence electrons. The number of hydrogen-bond acceptors (Lipinski definition) is 5. The Kier molecular flexibility index (Phi) is 5.07. The summed E-state index contributed by atoms with van der Waals surface area (Å²) in [5.41, 5.74) is 4.29. The Morgan fingerprint density at radius 2 is 1.81 bits per heavy atom. The molecule has 0 saturated heterocycles. The summed E-state index contributed by atoms with van der Waals surface area (Å²) in [5.74, 6) is 0.766. The van der Waals surface area contributed by atoms with E-state index in [1.54, 1.807) is 0 Å². The van der Waals surface area contributed by atoms with Gasteiger partial charge in [0.1, 0.15) is 5.82 Å². The van der Waals surface area contributed by atoms with Gasteiger partial charge in [0.25, 0.3) is 0 Å². The maximum Gasteiger partial charge on any atom is 0.173 e. The van der Waals surface area contributed by atoms with Crippen molar-refractivity contribution in [3.63, 3.8) is 0 Å². The van der Waals surface area contributed by atoms with Crippen molar-refractivity contribution in [3.8, 4) is 0 Å². The van der Waals surface area contributed by atoms with Crippen LogP contribution in [0.25, 0.3) is 0 Å². The second-order valence-electron chi connectivity index (χ2n) is 8.15. The van der Waals surface area contributed by atoms with E-state index in [-0.39, 0.29) is 23.8 Å². The van der Waals surface area contributed by atoms with Gasteiger partial charge in [0.2, 0.25) is 0 Å². The smallest absolute Gasteiger partial charge is 0.173 e. The van der Waals surface area contributed by atoms with Gasteiger partial charge >= 0.3 is 0 Å². The number of nitrogens with one attached hydrogen (secondary N) is 1. The Bertz CT molecular complexity index is 1150. The molecular weight excluding hydrogens is 393 g/mol. The number of H-pyrrole nitrogens is 1. The minimum Gasteiger partial charge on any atom is -0.285 e. The van der Waals surface area contributed by atoms with Crippen LogP contribution in [0.3, 0.4) is 0 Å². The SMILES string of the molecule is CC(C)c1n[nH]cc1C(c1ccccc1)N1CCn2nnnc2C1c1ccc(F)cc1. The fraction of sp³-hybridized carbons (Fsp3) is 0.304. The number of nitrogens with zero attached hydrogens (tertiary/aromatic N) is 6. The van der Waals surface area contributed by atoms with Crippen molar-refractivity contribution in [1.29, 1.82) is 0 Å². The second kappa shape index (κ2) is 8.03. The first-order chi connectivity index (χ1) is 15.1. The predicted octanol–water partition coefficient (Wildman–Crippen LogP) is 3.85. The van der Waals surface area contributed by atoms with E-state index in [1.165, 1.54) is 17.7 Å². The van der Waals surface area contributed by atoms with Crippen molar-refractivity contribution in [3.05, 3.63) is 94.8 Å². The van der Waals surface area contributed by atoms with Crippen molar-refractivity contribution in [2.45, 2.75) is 38.4 Å². The first-order valence-electron chi connectivity index (χ1n) is 10.5. The summed E-state index contributed by atoms with van der Waals surface area (Å²) in [6.07, 6.45) is 1.99. The van der Waals surface area contributed by atoms with Crippen LogP contribution in [0.4, 0.5) is 4.39 Å². The van der Waals surface area contributed by atoms with Gasteiger partial charge in [-0.2, -0.15) is 5.10 Å². The highest BCUT2D eigenvalue weighted by Gasteiger charge is 2.38. The Hall–Kier alpha value is -3.39. The van der Waals surface area contributed by atoms with Crippen LogP contribution >= 0.6 is 0 Å². The quantitative estimate of drug-likeness (QED) is 0.534. The third-order valence-electron chi connectivity index (χ3n) is 5.88. The summed E-state index contributed by atoms with van der Waals surface area (Å²) in [6.45, 7) is 5.71. The highest BCUT2D eigenvalue weighted by atomic mass is 19.1. The van der Waals surface area contributed by atoms with Crippen molar-refractivity contribution in [2.24, 2.45) is 0 Å². The molecule has 0 aliphatic carbocycles. The van der Waals surface area contributed by atoms with Crippen LogP contribution in [0.5, 0.6) is 0 Å². The molecule has 2 aromatic heterocycles. The Labute approximate surface area is 179 Å². The van der Waals surface area contributed by atoms with Crippen LogP contribution in [0.15, 0.2) is 60.8 Å². The lowest BCUT2D eigenvalue weighted by atomic mass is 9.90. The number of rotatable bonds is 5. The predicted molar refractivity (Wildman–Crippen MR) is 114 cm³/mol. The largest absolute Gasteiger partial charge is 0.285 e. The molecule has 0 bridgehead atoms. The molecule has 3 heterocycles. The molecule has 1 aliphatic heterocycles. The van der Waals surface area contributed by atoms with Crippen LogP contribution in [0, 0.1) is 5.82 Å². The lowest BCUT2D eigenvalue weighted by Gasteiger charge is -2.40. The molecule has 31 heavy (non-hydrogen) atoms. The molecule has 8 heteroatoms. The summed E-state index contributed by atoms with van der Waals surface area (Å²) in [7, 11) is 0. The van der Waals surface area contributed by atoms with Gasteiger partial charge in [-0.15, -0.1) is 5.10 Å². The number of halogens is 1. The standard InChI is InChI=1S/C23H24FN7/c1-15(2)20-19(14-25-26-20)21(16-6-4-3-5-7-16)30-12-13-31-23(27-28-29-31)22(30)17-8-10-18(24)11-9-17/h3-11,14-15,21-22H,12-13H2,1-2H3,(H,25,26). The summed E-state index contributed by atoms with van der Waals surface area (Å²) in [6, 6.07) is 16.8. The molecule has 2 aromatic carbocycles. The summed E-state index contributed by atoms with van der Waals surface area (Å²) in [4.78, 5) is 2.39. The molecule has 0 spiro atoms. The minimum absolute atomic E-state index is 0.0575. The topological polar surface area (TPSA) is 75.5 Å². The third kappa shape index (κ3) is 3.53. The summed E-state index contributed by atoms with van der Waals surface area (Å²) >= 11 is 0. The molecular formula is C23H24FN7. The molecule has 0 amide bonds. The maximum absolute atomic E-state index is 13.7. The van der Waals surface area contributed by atoms with Gasteiger partial charge in [-0.25, -0.2) is 9.07 Å². The van der Waals surface area contributed by atoms with Gasteiger partial charge in [-0.1, -0.05) is 56.3 Å². The zero-order chi connectivity index (χ0) is 21.4. The van der Waals surface area contributed by atoms with E-state index in [0.717, 1.165) is 29.2 Å². The lowest BCUT2D eigenvalue weighted by molar-refractivity contribution is 0.134. The van der Waals surface area contributed by atoms with Gasteiger partial charge in [0, 0.05) is 18.3 Å². The fourth-order valence-corrected chi connectivity index (χ4v) is 4.49. The van der Waals surface area contributed by atoms with Gasteiger partial charge in [-0.3, -0.25) is 10.00 Å². The molecule has 7 nitrogen and oxygen atoms in total. The second-order valence-corrected chi connectivity index (χ2v) is 8.15. The van der Waals surface area contributed by atoms with Gasteiger partial charge < -0.3 is 0 Å². The molecule has 2 atom stereocenters. The lowest BCUT2D eigenvalue weighted by Crippen LogP contribution is -2.42. The van der Waals surface area contributed by atoms with Crippen LogP contribution in [0.1, 0.15) is 60.1 Å². The van der Waals surface area contributed by atoms with E-state index in [0.29, 0.717) is 6.54 Å². The molecule has 4 aromatic rings. The van der Waals surface area contributed by atoms with E-state index in [4.69, 9.17) is 0 Å². The first kappa shape index (κ1) is 19.6. The van der Waals surface area contributed by atoms with Crippen LogP contribution in [-0.2, 0) is 6.54 Å². The molecule has 0 fully saturated rings. The number of benzene rings is 2. The number of hydrogen-bond donors (Lipinski definition) is 1. The maximum atomic E-state index is 13.7. The number of tetrazole rings is 1. The normalized spacial score (nSPS) is 17.6. The average Bonchev–Trinajstić information content (AvgIpc) is 3.45. The van der Waals surface area contributed by atoms with Crippen LogP contribution < -0.4 is 0 Å². The molecule has 0 radical (unpaired) electrons. The Morgan fingerprint density at radius 1 is 1.03 bits per heavy atom. The van der Waals surface area contributed by atoms with E-state index in [9.17, 15) is 4.39 Å². The first-order valence-corrected chi connectivity index (χ1v) is 10.5. The van der Waals surface area contributed by atoms with Gasteiger partial charge in [0.15, 0.2) is 5.82 Å². The zero-order valence-corrected chi connectivity index (χ0v) is 17.5. The summed E-state index contributed by atoms with van der Waals surface area (Å²) < 4.78 is 15.5.